The number of halogens is 1. The molecule has 0 saturated heterocycles. The Morgan fingerprint density at radius 2 is 1.04 bits per heavy atom. The summed E-state index contributed by atoms with van der Waals surface area (Å²) in [6.45, 7) is 6.75. The molecule has 0 fully saturated rings. The van der Waals surface area contributed by atoms with Gasteiger partial charge in [-0.3, -0.25) is 0 Å². The number of rotatable bonds is 16. The Labute approximate surface area is 199 Å². The van der Waals surface area contributed by atoms with E-state index in [-0.39, 0.29) is 42.0 Å². The van der Waals surface area contributed by atoms with Gasteiger partial charge < -0.3 is 0 Å². The van der Waals surface area contributed by atoms with E-state index in [1.54, 1.807) is 5.56 Å². The van der Waals surface area contributed by atoms with E-state index in [0.717, 1.165) is 0 Å². The van der Waals surface area contributed by atoms with Crippen LogP contribution in [0.4, 0.5) is 0 Å². The van der Waals surface area contributed by atoms with Crippen LogP contribution in [0.2, 0.25) is 0 Å². The average molecular weight is 403 g/mol. The first-order valence-corrected chi connectivity index (χ1v) is 11.1. The van der Waals surface area contributed by atoms with Crippen molar-refractivity contribution in [2.24, 2.45) is 0 Å². The minimum atomic E-state index is 0. The Kier molecular flexibility index (Phi) is 23.1. The van der Waals surface area contributed by atoms with Crippen LogP contribution in [-0.2, 0) is 6.42 Å². The van der Waals surface area contributed by atoms with Gasteiger partial charge in [-0.2, -0.15) is 17.5 Å². The topological polar surface area (TPSA) is 0 Å². The van der Waals surface area contributed by atoms with Crippen molar-refractivity contribution in [1.29, 1.82) is 0 Å². The van der Waals surface area contributed by atoms with Gasteiger partial charge in [-0.25, -0.2) is 0 Å². The van der Waals surface area contributed by atoms with Crippen molar-refractivity contribution in [3.05, 3.63) is 41.3 Å². The smallest absolute Gasteiger partial charge is 0.186 e. The third-order valence-corrected chi connectivity index (χ3v) is 5.36. The molecule has 152 valence electrons. The van der Waals surface area contributed by atoms with E-state index in [1.807, 2.05) is 0 Å². The number of benzene rings is 1. The summed E-state index contributed by atoms with van der Waals surface area (Å²) >= 11 is 0. The SMILES string of the molecule is CCCCCCCCCCCCCCCCc1ccccc1[C-](C)C.Cl.[Na+]. The van der Waals surface area contributed by atoms with Gasteiger partial charge in [-0.1, -0.05) is 123 Å². The van der Waals surface area contributed by atoms with E-state index in [4.69, 9.17) is 0 Å². The molecular weight excluding hydrogens is 359 g/mol. The molecule has 0 aliphatic heterocycles. The maximum Gasteiger partial charge on any atom is 1.00 e. The van der Waals surface area contributed by atoms with Crippen LogP contribution in [0, 0.1) is 5.92 Å². The summed E-state index contributed by atoms with van der Waals surface area (Å²) in [4.78, 5) is 0. The third kappa shape index (κ3) is 15.9. The molecule has 0 heterocycles. The molecule has 0 spiro atoms. The maximum atomic E-state index is 2.31. The summed E-state index contributed by atoms with van der Waals surface area (Å²) in [7, 11) is 0. The average Bonchev–Trinajstić information content (AvgIpc) is 2.62. The molecule has 0 bridgehead atoms. The number of aryl methyl sites for hydroxylation is 1. The molecule has 0 aliphatic rings. The standard InChI is InChI=1S/C25H43.ClH.Na/c1-4-5-6-7-8-9-10-11-12-13-14-15-16-17-20-24-21-18-19-22-25(24)23(2)3;;/h18-19,21-22H,4-17,20H2,1-3H3;1H;/q-1;;+1. The van der Waals surface area contributed by atoms with Crippen LogP contribution < -0.4 is 29.6 Å². The molecule has 2 heteroatoms. The van der Waals surface area contributed by atoms with Gasteiger partial charge in [-0.15, -0.1) is 30.1 Å². The van der Waals surface area contributed by atoms with Crippen molar-refractivity contribution in [3.63, 3.8) is 0 Å². The third-order valence-electron chi connectivity index (χ3n) is 5.36. The number of hydrogen-bond donors (Lipinski definition) is 0. The van der Waals surface area contributed by atoms with Crippen LogP contribution >= 0.6 is 12.4 Å². The van der Waals surface area contributed by atoms with Crippen LogP contribution in [0.3, 0.4) is 0 Å². The van der Waals surface area contributed by atoms with E-state index in [1.165, 1.54) is 108 Å². The molecular formula is C25H44ClNa. The molecule has 1 aromatic carbocycles. The van der Waals surface area contributed by atoms with Crippen molar-refractivity contribution < 1.29 is 29.6 Å². The quantitative estimate of drug-likeness (QED) is 0.178. The zero-order valence-corrected chi connectivity index (χ0v) is 21.6. The normalized spacial score (nSPS) is 10.2. The van der Waals surface area contributed by atoms with Gasteiger partial charge in [0.15, 0.2) is 0 Å². The summed E-state index contributed by atoms with van der Waals surface area (Å²) in [5.41, 5.74) is 3.01. The largest absolute Gasteiger partial charge is 1.00 e. The monoisotopic (exact) mass is 402 g/mol. The Balaban J connectivity index is 0. The summed E-state index contributed by atoms with van der Waals surface area (Å²) in [5, 5.41) is 0. The molecule has 0 aromatic heterocycles. The minimum Gasteiger partial charge on any atom is -0.186 e. The number of unbranched alkanes of at least 4 members (excludes halogenated alkanes) is 13. The van der Waals surface area contributed by atoms with Crippen molar-refractivity contribution in [3.8, 4) is 0 Å². The second-order valence-electron chi connectivity index (χ2n) is 8.00. The zero-order valence-electron chi connectivity index (χ0n) is 18.8. The van der Waals surface area contributed by atoms with Gasteiger partial charge in [-0.05, 0) is 0 Å². The second kappa shape index (κ2) is 21.1. The summed E-state index contributed by atoms with van der Waals surface area (Å²) < 4.78 is 0. The maximum absolute atomic E-state index is 2.31. The first kappa shape index (κ1) is 29.6. The summed E-state index contributed by atoms with van der Waals surface area (Å²) in [5.74, 6) is 1.45. The van der Waals surface area contributed by atoms with Crippen LogP contribution in [0.5, 0.6) is 0 Å². The van der Waals surface area contributed by atoms with Crippen LogP contribution in [0.25, 0.3) is 0 Å². The predicted octanol–water partition coefficient (Wildman–Crippen LogP) is 6.10. The molecule has 0 atom stereocenters. The van der Waals surface area contributed by atoms with Crippen molar-refractivity contribution in [2.45, 2.75) is 117 Å². The molecule has 0 saturated carbocycles. The van der Waals surface area contributed by atoms with Crippen LogP contribution in [-0.4, -0.2) is 0 Å². The van der Waals surface area contributed by atoms with Crippen LogP contribution in [0.15, 0.2) is 24.3 Å². The first-order valence-electron chi connectivity index (χ1n) is 11.1. The Morgan fingerprint density at radius 3 is 1.48 bits per heavy atom. The fourth-order valence-corrected chi connectivity index (χ4v) is 3.74. The molecule has 0 aliphatic carbocycles. The van der Waals surface area contributed by atoms with E-state index in [9.17, 15) is 0 Å². The molecule has 0 nitrogen and oxygen atoms in total. The van der Waals surface area contributed by atoms with Gasteiger partial charge in [0.2, 0.25) is 0 Å². The fourth-order valence-electron chi connectivity index (χ4n) is 3.74. The first-order chi connectivity index (χ1) is 12.3. The van der Waals surface area contributed by atoms with Gasteiger partial charge in [0, 0.05) is 0 Å². The van der Waals surface area contributed by atoms with Gasteiger partial charge in [0.25, 0.3) is 0 Å². The molecule has 0 amide bonds. The summed E-state index contributed by atoms with van der Waals surface area (Å²) in [6, 6.07) is 8.93. The molecule has 0 N–H and O–H groups in total. The molecule has 0 radical (unpaired) electrons. The minimum absolute atomic E-state index is 0. The molecule has 1 rings (SSSR count). The van der Waals surface area contributed by atoms with E-state index in [2.05, 4.69) is 45.0 Å². The Bertz CT molecular complexity index is 417. The zero-order chi connectivity index (χ0) is 18.2. The predicted molar refractivity (Wildman–Crippen MR) is 121 cm³/mol. The van der Waals surface area contributed by atoms with Gasteiger partial charge in [0.05, 0.1) is 0 Å². The molecule has 0 unspecified atom stereocenters. The Hall–Kier alpha value is 0.380. The number of hydrogen-bond acceptors (Lipinski definition) is 0. The van der Waals surface area contributed by atoms with E-state index >= 15 is 0 Å². The van der Waals surface area contributed by atoms with Crippen molar-refractivity contribution >= 4 is 12.4 Å². The van der Waals surface area contributed by atoms with Crippen LogP contribution in [0.1, 0.15) is 122 Å². The summed E-state index contributed by atoms with van der Waals surface area (Å²) in [6.07, 6.45) is 21.4. The second-order valence-corrected chi connectivity index (χ2v) is 8.00. The van der Waals surface area contributed by atoms with E-state index < -0.39 is 0 Å². The van der Waals surface area contributed by atoms with E-state index in [0.29, 0.717) is 0 Å². The van der Waals surface area contributed by atoms with Gasteiger partial charge in [0.1, 0.15) is 0 Å². The molecule has 1 aromatic rings. The molecule has 27 heavy (non-hydrogen) atoms. The van der Waals surface area contributed by atoms with Crippen molar-refractivity contribution in [1.82, 2.24) is 0 Å². The van der Waals surface area contributed by atoms with Gasteiger partial charge >= 0.3 is 29.6 Å². The fraction of sp³-hybridized carbons (Fsp3) is 0.720. The Morgan fingerprint density at radius 1 is 0.630 bits per heavy atom. The van der Waals surface area contributed by atoms with Crippen molar-refractivity contribution in [2.75, 3.05) is 0 Å².